The van der Waals surface area contributed by atoms with Gasteiger partial charge in [0.05, 0.1) is 18.3 Å². The Bertz CT molecular complexity index is 947. The molecule has 0 bridgehead atoms. The van der Waals surface area contributed by atoms with Gasteiger partial charge < -0.3 is 4.74 Å². The summed E-state index contributed by atoms with van der Waals surface area (Å²) < 4.78 is 8.96. The first-order chi connectivity index (χ1) is 12.2. The van der Waals surface area contributed by atoms with Crippen LogP contribution in [0, 0.1) is 6.92 Å². The fourth-order valence-corrected chi connectivity index (χ4v) is 3.65. The van der Waals surface area contributed by atoms with Crippen LogP contribution in [-0.2, 0) is 17.0 Å². The smallest absolute Gasteiger partial charge is 0.258 e. The summed E-state index contributed by atoms with van der Waals surface area (Å²) in [7, 11) is 0. The first-order valence-electron chi connectivity index (χ1n) is 8.18. The summed E-state index contributed by atoms with van der Waals surface area (Å²) in [6.07, 6.45) is 4.09. The molecule has 130 valence electrons. The number of ether oxygens (including phenoxy) is 1. The van der Waals surface area contributed by atoms with Crippen molar-refractivity contribution in [3.05, 3.63) is 46.0 Å². The first-order valence-corrected chi connectivity index (χ1v) is 9.17. The van der Waals surface area contributed by atoms with Gasteiger partial charge in [0.15, 0.2) is 0 Å². The van der Waals surface area contributed by atoms with E-state index in [1.807, 2.05) is 19.1 Å². The van der Waals surface area contributed by atoms with E-state index in [0.29, 0.717) is 28.8 Å². The average Bonchev–Trinajstić information content (AvgIpc) is 3.26. The molecule has 1 atom stereocenters. The number of aromatic nitrogens is 6. The van der Waals surface area contributed by atoms with E-state index >= 15 is 0 Å². The molecule has 1 saturated heterocycles. The van der Waals surface area contributed by atoms with Crippen molar-refractivity contribution in [3.63, 3.8) is 0 Å². The third kappa shape index (κ3) is 3.57. The van der Waals surface area contributed by atoms with Crippen molar-refractivity contribution in [3.8, 4) is 0 Å². The van der Waals surface area contributed by atoms with Crippen LogP contribution in [0.25, 0.3) is 5.65 Å². The predicted octanol–water partition coefficient (Wildman–Crippen LogP) is 1.46. The average molecular weight is 358 g/mol. The number of thioether (sulfide) groups is 1. The standard InChI is InChI=1S/C16H18N6O2S/c1-11-4-5-14-17-12(7-15(23)21(14)8-11)10-25-16-18-19-20-22(16)9-13-3-2-6-24-13/h4-5,7-8,13H,2-3,6,9-10H2,1H3/t13-/m0/s1. The van der Waals surface area contributed by atoms with Crippen molar-refractivity contribution in [1.82, 2.24) is 29.6 Å². The second-order valence-electron chi connectivity index (χ2n) is 6.09. The number of nitrogens with zero attached hydrogens (tertiary/aromatic N) is 6. The zero-order valence-corrected chi connectivity index (χ0v) is 14.6. The van der Waals surface area contributed by atoms with Crippen LogP contribution in [0.3, 0.4) is 0 Å². The SMILES string of the molecule is Cc1ccc2nc(CSc3nnnn3C[C@@H]3CCCO3)cc(=O)n2c1. The largest absolute Gasteiger partial charge is 0.376 e. The minimum Gasteiger partial charge on any atom is -0.376 e. The zero-order valence-electron chi connectivity index (χ0n) is 13.8. The highest BCUT2D eigenvalue weighted by Gasteiger charge is 2.19. The molecule has 3 aromatic rings. The molecule has 0 unspecified atom stereocenters. The lowest BCUT2D eigenvalue weighted by atomic mass is 10.2. The number of rotatable bonds is 5. The highest BCUT2D eigenvalue weighted by atomic mass is 32.2. The first kappa shape index (κ1) is 16.2. The molecular formula is C16H18N6O2S. The van der Waals surface area contributed by atoms with Crippen molar-refractivity contribution in [2.45, 2.75) is 43.3 Å². The van der Waals surface area contributed by atoms with Gasteiger partial charge in [-0.15, -0.1) is 5.10 Å². The van der Waals surface area contributed by atoms with E-state index in [0.717, 1.165) is 25.0 Å². The van der Waals surface area contributed by atoms with E-state index in [2.05, 4.69) is 20.5 Å². The summed E-state index contributed by atoms with van der Waals surface area (Å²) in [5.41, 5.74) is 2.30. The third-order valence-corrected chi connectivity index (χ3v) is 5.10. The molecule has 0 saturated carbocycles. The van der Waals surface area contributed by atoms with Gasteiger partial charge in [0.1, 0.15) is 5.65 Å². The van der Waals surface area contributed by atoms with Crippen LogP contribution in [0.1, 0.15) is 24.1 Å². The Labute approximate surface area is 148 Å². The lowest BCUT2D eigenvalue weighted by Crippen LogP contribution is -2.17. The number of pyridine rings is 1. The van der Waals surface area contributed by atoms with E-state index < -0.39 is 0 Å². The second-order valence-corrected chi connectivity index (χ2v) is 7.03. The molecule has 8 nitrogen and oxygen atoms in total. The summed E-state index contributed by atoms with van der Waals surface area (Å²) in [4.78, 5) is 16.8. The van der Waals surface area contributed by atoms with Gasteiger partial charge in [-0.3, -0.25) is 9.20 Å². The van der Waals surface area contributed by atoms with Crippen LogP contribution < -0.4 is 5.56 Å². The van der Waals surface area contributed by atoms with E-state index in [1.165, 1.54) is 11.8 Å². The van der Waals surface area contributed by atoms with Gasteiger partial charge >= 0.3 is 0 Å². The molecule has 0 amide bonds. The van der Waals surface area contributed by atoms with Gasteiger partial charge in [0.25, 0.3) is 5.56 Å². The van der Waals surface area contributed by atoms with Crippen LogP contribution >= 0.6 is 11.8 Å². The molecule has 9 heteroatoms. The number of hydrogen-bond donors (Lipinski definition) is 0. The van der Waals surface area contributed by atoms with Crippen molar-refractivity contribution in [2.75, 3.05) is 6.61 Å². The number of aryl methyl sites for hydroxylation is 1. The molecule has 0 radical (unpaired) electrons. The van der Waals surface area contributed by atoms with E-state index in [9.17, 15) is 4.79 Å². The third-order valence-electron chi connectivity index (χ3n) is 4.11. The monoisotopic (exact) mass is 358 g/mol. The quantitative estimate of drug-likeness (QED) is 0.638. The molecule has 4 rings (SSSR count). The van der Waals surface area contributed by atoms with Crippen LogP contribution in [0.2, 0.25) is 0 Å². The van der Waals surface area contributed by atoms with E-state index in [1.54, 1.807) is 21.3 Å². The molecule has 0 spiro atoms. The number of tetrazole rings is 1. The summed E-state index contributed by atoms with van der Waals surface area (Å²) >= 11 is 1.47. The molecule has 0 N–H and O–H groups in total. The predicted molar refractivity (Wildman–Crippen MR) is 92.6 cm³/mol. The summed E-state index contributed by atoms with van der Waals surface area (Å²) in [6, 6.07) is 5.36. The van der Waals surface area contributed by atoms with Gasteiger partial charge in [0.2, 0.25) is 5.16 Å². The highest BCUT2D eigenvalue weighted by molar-refractivity contribution is 7.98. The van der Waals surface area contributed by atoms with Crippen LogP contribution in [0.5, 0.6) is 0 Å². The van der Waals surface area contributed by atoms with Gasteiger partial charge in [-0.2, -0.15) is 0 Å². The fraction of sp³-hybridized carbons (Fsp3) is 0.438. The van der Waals surface area contributed by atoms with Gasteiger partial charge in [-0.1, -0.05) is 17.8 Å². The van der Waals surface area contributed by atoms with E-state index in [-0.39, 0.29) is 11.7 Å². The van der Waals surface area contributed by atoms with Crippen molar-refractivity contribution in [1.29, 1.82) is 0 Å². The summed E-state index contributed by atoms with van der Waals surface area (Å²) in [5, 5.41) is 12.6. The Balaban J connectivity index is 1.50. The zero-order chi connectivity index (χ0) is 17.2. The molecule has 0 aromatic carbocycles. The van der Waals surface area contributed by atoms with Crippen LogP contribution in [0.15, 0.2) is 34.3 Å². The maximum atomic E-state index is 12.3. The molecule has 1 aliphatic heterocycles. The number of hydrogen-bond acceptors (Lipinski definition) is 7. The molecule has 0 aliphatic carbocycles. The van der Waals surface area contributed by atoms with Gasteiger partial charge in [0, 0.05) is 24.6 Å². The Morgan fingerprint density at radius 2 is 2.32 bits per heavy atom. The Morgan fingerprint density at radius 3 is 3.16 bits per heavy atom. The molecule has 1 fully saturated rings. The summed E-state index contributed by atoms with van der Waals surface area (Å²) in [5.74, 6) is 0.533. The summed E-state index contributed by atoms with van der Waals surface area (Å²) in [6.45, 7) is 3.41. The van der Waals surface area contributed by atoms with E-state index in [4.69, 9.17) is 4.74 Å². The highest BCUT2D eigenvalue weighted by Crippen LogP contribution is 2.21. The Kier molecular flexibility index (Phi) is 4.50. The lowest BCUT2D eigenvalue weighted by Gasteiger charge is -2.10. The molecular weight excluding hydrogens is 340 g/mol. The van der Waals surface area contributed by atoms with Crippen LogP contribution in [-0.4, -0.2) is 42.3 Å². The van der Waals surface area contributed by atoms with Crippen molar-refractivity contribution < 1.29 is 4.74 Å². The Morgan fingerprint density at radius 1 is 1.40 bits per heavy atom. The second kappa shape index (κ2) is 6.93. The minimum atomic E-state index is -0.0803. The maximum Gasteiger partial charge on any atom is 0.258 e. The van der Waals surface area contributed by atoms with Crippen LogP contribution in [0.4, 0.5) is 0 Å². The lowest BCUT2D eigenvalue weighted by molar-refractivity contribution is 0.0912. The van der Waals surface area contributed by atoms with Crippen molar-refractivity contribution in [2.24, 2.45) is 0 Å². The Hall–Kier alpha value is -2.26. The maximum absolute atomic E-state index is 12.3. The molecule has 4 heterocycles. The van der Waals surface area contributed by atoms with Gasteiger partial charge in [-0.25, -0.2) is 9.67 Å². The van der Waals surface area contributed by atoms with Crippen molar-refractivity contribution >= 4 is 17.4 Å². The topological polar surface area (TPSA) is 87.2 Å². The number of fused-ring (bicyclic) bond motifs is 1. The molecule has 1 aliphatic rings. The minimum absolute atomic E-state index is 0.0803. The molecule has 3 aromatic heterocycles. The van der Waals surface area contributed by atoms with Gasteiger partial charge in [-0.05, 0) is 41.8 Å². The fourth-order valence-electron chi connectivity index (χ4n) is 2.87. The molecule has 25 heavy (non-hydrogen) atoms. The normalized spacial score (nSPS) is 17.4.